The average Bonchev–Trinajstić information content (AvgIpc) is 2.17. The number of allylic oxidation sites excluding steroid dienone is 1. The highest BCUT2D eigenvalue weighted by Gasteiger charge is 2.35. The van der Waals surface area contributed by atoms with Gasteiger partial charge in [-0.1, -0.05) is 11.6 Å². The van der Waals surface area contributed by atoms with Gasteiger partial charge in [0.05, 0.1) is 0 Å². The van der Waals surface area contributed by atoms with Crippen LogP contribution in [-0.2, 0) is 9.59 Å². The molecule has 1 heterocycles. The molecular formula is C10H12N2O2S. The van der Waals surface area contributed by atoms with Crippen LogP contribution in [0.15, 0.2) is 11.6 Å². The maximum absolute atomic E-state index is 11.6. The molecule has 0 spiro atoms. The molecule has 0 radical (unpaired) electrons. The van der Waals surface area contributed by atoms with Gasteiger partial charge in [-0.05, 0) is 37.9 Å². The van der Waals surface area contributed by atoms with Crippen LogP contribution in [0, 0.1) is 5.92 Å². The second-order valence-corrected chi connectivity index (χ2v) is 4.17. The van der Waals surface area contributed by atoms with Crippen LogP contribution in [0.1, 0.15) is 25.7 Å². The lowest BCUT2D eigenvalue weighted by molar-refractivity contribution is -0.133. The third kappa shape index (κ3) is 2.07. The van der Waals surface area contributed by atoms with Gasteiger partial charge in [0.15, 0.2) is 5.11 Å². The van der Waals surface area contributed by atoms with Crippen LogP contribution in [-0.4, -0.2) is 16.9 Å². The molecule has 0 bridgehead atoms. The van der Waals surface area contributed by atoms with Crippen LogP contribution in [0.2, 0.25) is 0 Å². The molecule has 2 aliphatic rings. The Morgan fingerprint density at radius 3 is 2.40 bits per heavy atom. The van der Waals surface area contributed by atoms with Crippen molar-refractivity contribution in [3.8, 4) is 0 Å². The van der Waals surface area contributed by atoms with E-state index in [9.17, 15) is 9.59 Å². The smallest absolute Gasteiger partial charge is 0.242 e. The summed E-state index contributed by atoms with van der Waals surface area (Å²) in [6.45, 7) is 0. The Morgan fingerprint density at radius 1 is 1.20 bits per heavy atom. The van der Waals surface area contributed by atoms with E-state index in [2.05, 4.69) is 10.6 Å². The molecule has 2 amide bonds. The summed E-state index contributed by atoms with van der Waals surface area (Å²) in [4.78, 5) is 23.2. The van der Waals surface area contributed by atoms with Crippen LogP contribution in [0.3, 0.4) is 0 Å². The highest BCUT2D eigenvalue weighted by Crippen LogP contribution is 2.25. The first kappa shape index (κ1) is 10.3. The van der Waals surface area contributed by atoms with Crippen molar-refractivity contribution in [3.05, 3.63) is 11.6 Å². The number of thiocarbonyl (C=S) groups is 1. The summed E-state index contributed by atoms with van der Waals surface area (Å²) in [6.07, 6.45) is 5.97. The summed E-state index contributed by atoms with van der Waals surface area (Å²) in [6, 6.07) is 0. The molecule has 0 aromatic carbocycles. The number of hydrogen-bond acceptors (Lipinski definition) is 3. The van der Waals surface area contributed by atoms with Crippen molar-refractivity contribution in [3.63, 3.8) is 0 Å². The summed E-state index contributed by atoms with van der Waals surface area (Å²) in [7, 11) is 0. The van der Waals surface area contributed by atoms with Crippen molar-refractivity contribution in [2.75, 3.05) is 0 Å². The fourth-order valence-electron chi connectivity index (χ4n) is 1.98. The van der Waals surface area contributed by atoms with Gasteiger partial charge in [-0.2, -0.15) is 0 Å². The molecule has 0 atom stereocenters. The number of rotatable bonds is 1. The lowest BCUT2D eigenvalue weighted by Crippen LogP contribution is -2.56. The molecule has 2 N–H and O–H groups in total. The summed E-state index contributed by atoms with van der Waals surface area (Å²) < 4.78 is 0. The molecule has 0 saturated carbocycles. The number of amides is 2. The van der Waals surface area contributed by atoms with Crippen molar-refractivity contribution in [2.45, 2.75) is 25.7 Å². The second kappa shape index (κ2) is 4.10. The Bertz CT molecular complexity index is 342. The van der Waals surface area contributed by atoms with Crippen molar-refractivity contribution in [1.29, 1.82) is 0 Å². The van der Waals surface area contributed by atoms with E-state index in [-0.39, 0.29) is 16.9 Å². The predicted molar refractivity (Wildman–Crippen MR) is 58.9 cm³/mol. The molecule has 2 rings (SSSR count). The van der Waals surface area contributed by atoms with Crippen molar-refractivity contribution in [1.82, 2.24) is 10.6 Å². The zero-order chi connectivity index (χ0) is 10.8. The standard InChI is InChI=1S/C10H12N2O2S/c13-8-7(6-4-2-1-3-5-6)9(14)12-10(15)11-8/h4,7H,1-3,5H2,(H2,11,12,13,14,15). The van der Waals surface area contributed by atoms with E-state index in [1.165, 1.54) is 0 Å². The Kier molecular flexibility index (Phi) is 2.81. The topological polar surface area (TPSA) is 58.2 Å². The van der Waals surface area contributed by atoms with Gasteiger partial charge >= 0.3 is 0 Å². The van der Waals surface area contributed by atoms with Gasteiger partial charge in [-0.3, -0.25) is 9.59 Å². The molecule has 0 aromatic rings. The number of carbonyl (C=O) groups is 2. The van der Waals surface area contributed by atoms with Crippen LogP contribution in [0.4, 0.5) is 0 Å². The minimum atomic E-state index is -0.669. The van der Waals surface area contributed by atoms with Crippen LogP contribution in [0.5, 0.6) is 0 Å². The molecule has 4 nitrogen and oxygen atoms in total. The molecule has 1 aliphatic carbocycles. The van der Waals surface area contributed by atoms with E-state index < -0.39 is 5.92 Å². The first-order valence-electron chi connectivity index (χ1n) is 5.03. The monoisotopic (exact) mass is 224 g/mol. The number of nitrogens with one attached hydrogen (secondary N) is 2. The van der Waals surface area contributed by atoms with Gasteiger partial charge < -0.3 is 10.6 Å². The number of hydrogen-bond donors (Lipinski definition) is 2. The molecule has 1 saturated heterocycles. The van der Waals surface area contributed by atoms with Gasteiger partial charge in [0, 0.05) is 0 Å². The van der Waals surface area contributed by atoms with Crippen LogP contribution in [0.25, 0.3) is 0 Å². The predicted octanol–water partition coefficient (Wildman–Crippen LogP) is 0.634. The zero-order valence-electron chi connectivity index (χ0n) is 8.21. The van der Waals surface area contributed by atoms with Crippen molar-refractivity contribution < 1.29 is 9.59 Å². The molecule has 1 fully saturated rings. The number of carbonyl (C=O) groups excluding carboxylic acids is 2. The van der Waals surface area contributed by atoms with Gasteiger partial charge in [-0.25, -0.2) is 0 Å². The van der Waals surface area contributed by atoms with Crippen molar-refractivity contribution in [2.24, 2.45) is 5.92 Å². The fraction of sp³-hybridized carbons (Fsp3) is 0.500. The second-order valence-electron chi connectivity index (χ2n) is 3.77. The molecule has 0 unspecified atom stereocenters. The summed E-state index contributed by atoms with van der Waals surface area (Å²) in [5.41, 5.74) is 0.929. The molecular weight excluding hydrogens is 212 g/mol. The van der Waals surface area contributed by atoms with Gasteiger partial charge in [0.2, 0.25) is 11.8 Å². The highest BCUT2D eigenvalue weighted by molar-refractivity contribution is 7.80. The van der Waals surface area contributed by atoms with E-state index in [1.807, 2.05) is 6.08 Å². The fourth-order valence-corrected chi connectivity index (χ4v) is 2.18. The summed E-state index contributed by atoms with van der Waals surface area (Å²) >= 11 is 4.73. The Balaban J connectivity index is 2.20. The van der Waals surface area contributed by atoms with E-state index >= 15 is 0 Å². The van der Waals surface area contributed by atoms with E-state index in [0.717, 1.165) is 31.3 Å². The van der Waals surface area contributed by atoms with Gasteiger partial charge in [0.25, 0.3) is 0 Å². The van der Waals surface area contributed by atoms with Gasteiger partial charge in [-0.15, -0.1) is 0 Å². The maximum Gasteiger partial charge on any atom is 0.242 e. The molecule has 1 aliphatic heterocycles. The Labute approximate surface area is 93.1 Å². The maximum atomic E-state index is 11.6. The molecule has 5 heteroatoms. The molecule has 15 heavy (non-hydrogen) atoms. The Morgan fingerprint density at radius 2 is 1.87 bits per heavy atom. The SMILES string of the molecule is O=C1NC(=S)NC(=O)C1C1=CCCCC1. The largest absolute Gasteiger partial charge is 0.302 e. The lowest BCUT2D eigenvalue weighted by Gasteiger charge is -2.26. The first-order chi connectivity index (χ1) is 7.18. The third-order valence-corrected chi connectivity index (χ3v) is 2.90. The first-order valence-corrected chi connectivity index (χ1v) is 5.44. The highest BCUT2D eigenvalue weighted by atomic mass is 32.1. The quantitative estimate of drug-likeness (QED) is 0.390. The third-order valence-electron chi connectivity index (χ3n) is 2.69. The van der Waals surface area contributed by atoms with Crippen LogP contribution >= 0.6 is 12.2 Å². The average molecular weight is 224 g/mol. The molecule has 0 aromatic heterocycles. The molecule has 80 valence electrons. The van der Waals surface area contributed by atoms with E-state index in [4.69, 9.17) is 12.2 Å². The normalized spacial score (nSPS) is 23.2. The lowest BCUT2D eigenvalue weighted by atomic mass is 9.87. The van der Waals surface area contributed by atoms with E-state index in [0.29, 0.717) is 0 Å². The van der Waals surface area contributed by atoms with Crippen molar-refractivity contribution >= 4 is 29.1 Å². The minimum Gasteiger partial charge on any atom is -0.302 e. The Hall–Kier alpha value is -1.23. The summed E-state index contributed by atoms with van der Waals surface area (Å²) in [5, 5.41) is 5.06. The zero-order valence-corrected chi connectivity index (χ0v) is 9.02. The minimum absolute atomic E-state index is 0.109. The van der Waals surface area contributed by atoms with Crippen LogP contribution < -0.4 is 10.6 Å². The summed E-state index contributed by atoms with van der Waals surface area (Å²) in [5.74, 6) is -1.26. The van der Waals surface area contributed by atoms with Gasteiger partial charge in [0.1, 0.15) is 5.92 Å². The van der Waals surface area contributed by atoms with E-state index in [1.54, 1.807) is 0 Å².